The van der Waals surface area contributed by atoms with Gasteiger partial charge in [-0.2, -0.15) is 0 Å². The van der Waals surface area contributed by atoms with Gasteiger partial charge < -0.3 is 5.11 Å². The highest BCUT2D eigenvalue weighted by Gasteiger charge is 2.33. The van der Waals surface area contributed by atoms with Gasteiger partial charge in [-0.05, 0) is 18.9 Å². The van der Waals surface area contributed by atoms with Crippen molar-refractivity contribution in [3.05, 3.63) is 35.4 Å². The van der Waals surface area contributed by atoms with Gasteiger partial charge in [0.15, 0.2) is 0 Å². The number of hydrogen-bond acceptors (Lipinski definition) is 2. The first-order valence-electron chi connectivity index (χ1n) is 5.19. The van der Waals surface area contributed by atoms with Crippen LogP contribution in [0.5, 0.6) is 0 Å². The van der Waals surface area contributed by atoms with Gasteiger partial charge in [-0.15, -0.1) is 0 Å². The minimum atomic E-state index is -0.701. The van der Waals surface area contributed by atoms with Crippen LogP contribution in [0, 0.1) is 6.92 Å². The summed E-state index contributed by atoms with van der Waals surface area (Å²) in [5, 5.41) is 8.88. The zero-order valence-electron chi connectivity index (χ0n) is 8.81. The number of aryl methyl sites for hydroxylation is 1. The first-order valence-corrected chi connectivity index (χ1v) is 5.19. The molecule has 3 nitrogen and oxygen atoms in total. The predicted molar refractivity (Wildman–Crippen MR) is 57.6 cm³/mol. The second-order valence-corrected chi connectivity index (χ2v) is 4.10. The molecule has 0 saturated carbocycles. The van der Waals surface area contributed by atoms with Crippen LogP contribution >= 0.6 is 0 Å². The Morgan fingerprint density at radius 3 is 2.60 bits per heavy atom. The van der Waals surface area contributed by atoms with Crippen LogP contribution in [0.2, 0.25) is 0 Å². The third-order valence-electron chi connectivity index (χ3n) is 2.92. The highest BCUT2D eigenvalue weighted by Crippen LogP contribution is 2.20. The molecule has 1 aliphatic heterocycles. The maximum absolute atomic E-state index is 10.8. The first kappa shape index (κ1) is 10.2. The molecular weight excluding hydrogens is 190 g/mol. The molecule has 1 atom stereocenters. The van der Waals surface area contributed by atoms with Crippen LogP contribution in [-0.4, -0.2) is 28.6 Å². The van der Waals surface area contributed by atoms with Crippen molar-refractivity contribution in [3.63, 3.8) is 0 Å². The molecule has 0 spiro atoms. The average molecular weight is 205 g/mol. The van der Waals surface area contributed by atoms with Crippen LogP contribution in [0.1, 0.15) is 17.5 Å². The van der Waals surface area contributed by atoms with E-state index in [1.54, 1.807) is 0 Å². The van der Waals surface area contributed by atoms with Crippen LogP contribution < -0.4 is 0 Å². The van der Waals surface area contributed by atoms with E-state index in [-0.39, 0.29) is 6.04 Å². The molecule has 0 aliphatic carbocycles. The summed E-state index contributed by atoms with van der Waals surface area (Å²) in [5.74, 6) is -0.701. The summed E-state index contributed by atoms with van der Waals surface area (Å²) in [7, 11) is 0. The first-order chi connectivity index (χ1) is 7.16. The fourth-order valence-electron chi connectivity index (χ4n) is 1.84. The minimum Gasteiger partial charge on any atom is -0.480 e. The van der Waals surface area contributed by atoms with Crippen LogP contribution in [0.25, 0.3) is 0 Å². The van der Waals surface area contributed by atoms with E-state index in [9.17, 15) is 4.79 Å². The Morgan fingerprint density at radius 2 is 2.13 bits per heavy atom. The van der Waals surface area contributed by atoms with Crippen LogP contribution in [0.3, 0.4) is 0 Å². The molecule has 80 valence electrons. The molecule has 0 amide bonds. The van der Waals surface area contributed by atoms with Crippen LogP contribution in [0.15, 0.2) is 24.3 Å². The number of carboxylic acid groups (broad SMARTS) is 1. The molecule has 1 fully saturated rings. The van der Waals surface area contributed by atoms with Gasteiger partial charge in [-0.1, -0.05) is 29.8 Å². The Labute approximate surface area is 89.3 Å². The Kier molecular flexibility index (Phi) is 2.73. The van der Waals surface area contributed by atoms with E-state index in [1.165, 1.54) is 11.1 Å². The van der Waals surface area contributed by atoms with Gasteiger partial charge in [0.05, 0.1) is 0 Å². The van der Waals surface area contributed by atoms with Crippen molar-refractivity contribution >= 4 is 5.97 Å². The van der Waals surface area contributed by atoms with Crippen molar-refractivity contribution in [2.75, 3.05) is 6.54 Å². The van der Waals surface area contributed by atoms with Crippen molar-refractivity contribution in [3.8, 4) is 0 Å². The third-order valence-corrected chi connectivity index (χ3v) is 2.92. The fraction of sp³-hybridized carbons (Fsp3) is 0.417. The maximum atomic E-state index is 10.8. The maximum Gasteiger partial charge on any atom is 0.320 e. The van der Waals surface area contributed by atoms with E-state index < -0.39 is 5.97 Å². The fourth-order valence-corrected chi connectivity index (χ4v) is 1.84. The van der Waals surface area contributed by atoms with Gasteiger partial charge in [0.2, 0.25) is 0 Å². The van der Waals surface area contributed by atoms with Crippen molar-refractivity contribution in [1.29, 1.82) is 0 Å². The summed E-state index contributed by atoms with van der Waals surface area (Å²) in [6.45, 7) is 3.69. The Morgan fingerprint density at radius 1 is 1.47 bits per heavy atom. The van der Waals surface area contributed by atoms with E-state index in [0.717, 1.165) is 19.5 Å². The monoisotopic (exact) mass is 205 g/mol. The highest BCUT2D eigenvalue weighted by molar-refractivity contribution is 5.74. The van der Waals surface area contributed by atoms with E-state index in [1.807, 2.05) is 11.8 Å². The molecule has 1 saturated heterocycles. The smallest absolute Gasteiger partial charge is 0.320 e. The molecule has 1 heterocycles. The summed E-state index contributed by atoms with van der Waals surface area (Å²) in [6.07, 6.45) is 0.779. The number of carbonyl (C=O) groups is 1. The number of aliphatic carboxylic acids is 1. The van der Waals surface area contributed by atoms with Gasteiger partial charge in [-0.25, -0.2) is 0 Å². The Bertz CT molecular complexity index is 358. The van der Waals surface area contributed by atoms with E-state index in [4.69, 9.17) is 5.11 Å². The second-order valence-electron chi connectivity index (χ2n) is 4.10. The quantitative estimate of drug-likeness (QED) is 0.815. The summed E-state index contributed by atoms with van der Waals surface area (Å²) in [6, 6.07) is 7.97. The molecule has 1 aromatic carbocycles. The normalized spacial score (nSPS) is 21.0. The zero-order chi connectivity index (χ0) is 10.8. The lowest BCUT2D eigenvalue weighted by atomic mass is 10.0. The van der Waals surface area contributed by atoms with Gasteiger partial charge in [0, 0.05) is 13.1 Å². The largest absolute Gasteiger partial charge is 0.480 e. The average Bonchev–Trinajstić information content (AvgIpc) is 2.14. The Balaban J connectivity index is 1.97. The number of benzene rings is 1. The molecule has 0 aromatic heterocycles. The van der Waals surface area contributed by atoms with Crippen LogP contribution in [0.4, 0.5) is 0 Å². The Hall–Kier alpha value is -1.35. The summed E-state index contributed by atoms with van der Waals surface area (Å²) in [5.41, 5.74) is 2.42. The molecule has 1 aliphatic rings. The zero-order valence-corrected chi connectivity index (χ0v) is 8.81. The molecular formula is C12H15NO2. The number of likely N-dealkylation sites (tertiary alicyclic amines) is 1. The van der Waals surface area contributed by atoms with Gasteiger partial charge in [0.25, 0.3) is 0 Å². The molecule has 3 heteroatoms. The molecule has 0 radical (unpaired) electrons. The van der Waals surface area contributed by atoms with Gasteiger partial charge in [-0.3, -0.25) is 9.69 Å². The number of carboxylic acids is 1. The topological polar surface area (TPSA) is 40.5 Å². The van der Waals surface area contributed by atoms with Crippen molar-refractivity contribution < 1.29 is 9.90 Å². The standard InChI is InChI=1S/C12H15NO2/c1-9-2-4-10(5-3-9)8-13-7-6-11(13)12(14)15/h2-5,11H,6-8H2,1H3,(H,14,15)/t11-/m1/s1. The van der Waals surface area contributed by atoms with E-state index >= 15 is 0 Å². The molecule has 0 unspecified atom stereocenters. The van der Waals surface area contributed by atoms with Crippen molar-refractivity contribution in [2.24, 2.45) is 0 Å². The lowest BCUT2D eigenvalue weighted by molar-refractivity contribution is -0.148. The summed E-state index contributed by atoms with van der Waals surface area (Å²) >= 11 is 0. The molecule has 0 bridgehead atoms. The van der Waals surface area contributed by atoms with Crippen LogP contribution in [-0.2, 0) is 11.3 Å². The third kappa shape index (κ3) is 2.18. The number of hydrogen-bond donors (Lipinski definition) is 1. The predicted octanol–water partition coefficient (Wildman–Crippen LogP) is 1.65. The van der Waals surface area contributed by atoms with E-state index in [2.05, 4.69) is 24.3 Å². The number of rotatable bonds is 3. The van der Waals surface area contributed by atoms with Gasteiger partial charge in [0.1, 0.15) is 6.04 Å². The molecule has 15 heavy (non-hydrogen) atoms. The summed E-state index contributed by atoms with van der Waals surface area (Å²) in [4.78, 5) is 12.8. The lowest BCUT2D eigenvalue weighted by Gasteiger charge is -2.37. The SMILES string of the molecule is Cc1ccc(CN2CC[C@@H]2C(=O)O)cc1. The molecule has 2 rings (SSSR count). The lowest BCUT2D eigenvalue weighted by Crippen LogP contribution is -2.51. The molecule has 1 aromatic rings. The molecule has 1 N–H and O–H groups in total. The number of nitrogens with zero attached hydrogens (tertiary/aromatic N) is 1. The van der Waals surface area contributed by atoms with Crippen molar-refractivity contribution in [1.82, 2.24) is 4.90 Å². The second kappa shape index (κ2) is 4.03. The van der Waals surface area contributed by atoms with Gasteiger partial charge >= 0.3 is 5.97 Å². The van der Waals surface area contributed by atoms with Crippen molar-refractivity contribution in [2.45, 2.75) is 25.9 Å². The van der Waals surface area contributed by atoms with E-state index in [0.29, 0.717) is 0 Å². The minimum absolute atomic E-state index is 0.272. The highest BCUT2D eigenvalue weighted by atomic mass is 16.4. The summed E-state index contributed by atoms with van der Waals surface area (Å²) < 4.78 is 0.